The van der Waals surface area contributed by atoms with Crippen molar-refractivity contribution in [2.24, 2.45) is 0 Å². The maximum Gasteiger partial charge on any atom is 0.231 e. The standard InChI is InChI=1S/C21H16F3NO/c1-13(21(26)25-18-11-16(22)10-17(23)12-18)15-7-8-19(20(24)9-15)14-5-3-2-4-6-14/h2-13H,1H3,(H,25,26). The van der Waals surface area contributed by atoms with E-state index in [0.717, 1.165) is 23.8 Å². The van der Waals surface area contributed by atoms with Gasteiger partial charge in [-0.25, -0.2) is 13.2 Å². The molecule has 0 bridgehead atoms. The van der Waals surface area contributed by atoms with Gasteiger partial charge in [0.25, 0.3) is 0 Å². The monoisotopic (exact) mass is 355 g/mol. The Hall–Kier alpha value is -3.08. The van der Waals surface area contributed by atoms with E-state index in [4.69, 9.17) is 0 Å². The maximum atomic E-state index is 14.5. The van der Waals surface area contributed by atoms with Crippen LogP contribution in [0.25, 0.3) is 11.1 Å². The molecule has 1 N–H and O–H groups in total. The lowest BCUT2D eigenvalue weighted by Gasteiger charge is -2.14. The van der Waals surface area contributed by atoms with E-state index in [1.807, 2.05) is 18.2 Å². The Morgan fingerprint density at radius 1 is 0.885 bits per heavy atom. The Morgan fingerprint density at radius 3 is 2.15 bits per heavy atom. The van der Waals surface area contributed by atoms with Crippen molar-refractivity contribution in [3.8, 4) is 11.1 Å². The Balaban J connectivity index is 1.80. The second kappa shape index (κ2) is 7.44. The van der Waals surface area contributed by atoms with Crippen LogP contribution in [0.3, 0.4) is 0 Å². The minimum atomic E-state index is -0.786. The van der Waals surface area contributed by atoms with Crippen LogP contribution in [0.4, 0.5) is 18.9 Å². The zero-order valence-corrected chi connectivity index (χ0v) is 14.0. The first-order valence-corrected chi connectivity index (χ1v) is 8.06. The lowest BCUT2D eigenvalue weighted by atomic mass is 9.96. The van der Waals surface area contributed by atoms with E-state index in [1.54, 1.807) is 31.2 Å². The number of anilines is 1. The molecule has 0 fully saturated rings. The average Bonchev–Trinajstić information content (AvgIpc) is 2.60. The van der Waals surface area contributed by atoms with Crippen molar-refractivity contribution in [1.82, 2.24) is 0 Å². The number of hydrogen-bond donors (Lipinski definition) is 1. The van der Waals surface area contributed by atoms with Crippen LogP contribution in [0, 0.1) is 17.5 Å². The van der Waals surface area contributed by atoms with Gasteiger partial charge in [0.1, 0.15) is 17.5 Å². The Kier molecular flexibility index (Phi) is 5.07. The summed E-state index contributed by atoms with van der Waals surface area (Å²) in [6, 6.07) is 16.4. The van der Waals surface area contributed by atoms with Gasteiger partial charge in [-0.1, -0.05) is 42.5 Å². The Morgan fingerprint density at radius 2 is 1.54 bits per heavy atom. The molecule has 1 amide bonds. The summed E-state index contributed by atoms with van der Waals surface area (Å²) in [5, 5.41) is 2.45. The number of halogens is 3. The highest BCUT2D eigenvalue weighted by Crippen LogP contribution is 2.27. The van der Waals surface area contributed by atoms with Crippen molar-refractivity contribution < 1.29 is 18.0 Å². The predicted octanol–water partition coefficient (Wildman–Crippen LogP) is 5.51. The van der Waals surface area contributed by atoms with E-state index >= 15 is 0 Å². The van der Waals surface area contributed by atoms with Gasteiger partial charge in [0.2, 0.25) is 5.91 Å². The van der Waals surface area contributed by atoms with Crippen LogP contribution < -0.4 is 5.32 Å². The van der Waals surface area contributed by atoms with Gasteiger partial charge in [0.05, 0.1) is 5.92 Å². The van der Waals surface area contributed by atoms with Gasteiger partial charge in [0.15, 0.2) is 0 Å². The Labute approximate surface area is 149 Å². The van der Waals surface area contributed by atoms with E-state index in [9.17, 15) is 18.0 Å². The molecule has 0 aromatic heterocycles. The number of hydrogen-bond acceptors (Lipinski definition) is 1. The van der Waals surface area contributed by atoms with E-state index in [0.29, 0.717) is 11.1 Å². The van der Waals surface area contributed by atoms with Crippen LogP contribution in [0.2, 0.25) is 0 Å². The summed E-state index contributed by atoms with van der Waals surface area (Å²) in [7, 11) is 0. The molecule has 0 aliphatic rings. The van der Waals surface area contributed by atoms with Crippen molar-refractivity contribution in [2.75, 3.05) is 5.32 Å². The fraction of sp³-hybridized carbons (Fsp3) is 0.0952. The molecule has 26 heavy (non-hydrogen) atoms. The molecular formula is C21H16F3NO. The fourth-order valence-electron chi connectivity index (χ4n) is 2.68. The van der Waals surface area contributed by atoms with Crippen molar-refractivity contribution >= 4 is 11.6 Å². The summed E-state index contributed by atoms with van der Waals surface area (Å²) in [4.78, 5) is 12.3. The van der Waals surface area contributed by atoms with E-state index in [-0.39, 0.29) is 5.69 Å². The zero-order chi connectivity index (χ0) is 18.7. The van der Waals surface area contributed by atoms with Gasteiger partial charge in [-0.15, -0.1) is 0 Å². The highest BCUT2D eigenvalue weighted by molar-refractivity contribution is 5.95. The molecular weight excluding hydrogens is 339 g/mol. The highest BCUT2D eigenvalue weighted by atomic mass is 19.1. The second-order valence-electron chi connectivity index (χ2n) is 5.97. The molecule has 0 heterocycles. The van der Waals surface area contributed by atoms with Gasteiger partial charge < -0.3 is 5.32 Å². The molecule has 0 spiro atoms. The third-order valence-corrected chi connectivity index (χ3v) is 4.10. The van der Waals surface area contributed by atoms with Gasteiger partial charge in [0, 0.05) is 17.3 Å². The number of nitrogens with one attached hydrogen (secondary N) is 1. The van der Waals surface area contributed by atoms with Crippen LogP contribution >= 0.6 is 0 Å². The summed E-state index contributed by atoms with van der Waals surface area (Å²) < 4.78 is 40.9. The molecule has 5 heteroatoms. The molecule has 1 atom stereocenters. The predicted molar refractivity (Wildman–Crippen MR) is 95.2 cm³/mol. The molecule has 0 saturated carbocycles. The molecule has 1 unspecified atom stereocenters. The smallest absolute Gasteiger partial charge is 0.231 e. The molecule has 0 saturated heterocycles. The van der Waals surface area contributed by atoms with Crippen LogP contribution in [-0.2, 0) is 4.79 Å². The third-order valence-electron chi connectivity index (χ3n) is 4.10. The summed E-state index contributed by atoms with van der Waals surface area (Å²) in [5.41, 5.74) is 1.66. The summed E-state index contributed by atoms with van der Waals surface area (Å²) in [6.07, 6.45) is 0. The quantitative estimate of drug-likeness (QED) is 0.657. The average molecular weight is 355 g/mol. The number of carbonyl (C=O) groups is 1. The van der Waals surface area contributed by atoms with Crippen molar-refractivity contribution in [1.29, 1.82) is 0 Å². The minimum Gasteiger partial charge on any atom is -0.325 e. The first-order chi connectivity index (χ1) is 12.4. The first-order valence-electron chi connectivity index (χ1n) is 8.06. The lowest BCUT2D eigenvalue weighted by molar-refractivity contribution is -0.117. The fourth-order valence-corrected chi connectivity index (χ4v) is 2.68. The lowest BCUT2D eigenvalue weighted by Crippen LogP contribution is -2.19. The summed E-state index contributed by atoms with van der Waals surface area (Å²) in [6.45, 7) is 1.60. The number of benzene rings is 3. The topological polar surface area (TPSA) is 29.1 Å². The van der Waals surface area contributed by atoms with Crippen molar-refractivity contribution in [2.45, 2.75) is 12.8 Å². The largest absolute Gasteiger partial charge is 0.325 e. The maximum absolute atomic E-state index is 14.5. The van der Waals surface area contributed by atoms with Gasteiger partial charge in [-0.3, -0.25) is 4.79 Å². The van der Waals surface area contributed by atoms with E-state index in [2.05, 4.69) is 5.32 Å². The van der Waals surface area contributed by atoms with Crippen molar-refractivity contribution in [3.05, 3.63) is 89.7 Å². The molecule has 0 radical (unpaired) electrons. The van der Waals surface area contributed by atoms with Gasteiger partial charge in [-0.05, 0) is 36.2 Å². The second-order valence-corrected chi connectivity index (χ2v) is 5.97. The zero-order valence-electron chi connectivity index (χ0n) is 14.0. The van der Waals surface area contributed by atoms with Crippen LogP contribution in [0.15, 0.2) is 66.7 Å². The molecule has 2 nitrogen and oxygen atoms in total. The molecule has 3 aromatic rings. The van der Waals surface area contributed by atoms with E-state index < -0.39 is 29.3 Å². The minimum absolute atomic E-state index is 0.0146. The van der Waals surface area contributed by atoms with Crippen molar-refractivity contribution in [3.63, 3.8) is 0 Å². The van der Waals surface area contributed by atoms with Crippen LogP contribution in [0.5, 0.6) is 0 Å². The van der Waals surface area contributed by atoms with Gasteiger partial charge >= 0.3 is 0 Å². The number of rotatable bonds is 4. The molecule has 3 rings (SSSR count). The third kappa shape index (κ3) is 3.94. The molecule has 0 aliphatic heterocycles. The summed E-state index contributed by atoms with van der Waals surface area (Å²) in [5.74, 6) is -3.19. The molecule has 132 valence electrons. The molecule has 3 aromatic carbocycles. The highest BCUT2D eigenvalue weighted by Gasteiger charge is 2.18. The normalized spacial score (nSPS) is 11.8. The molecule has 0 aliphatic carbocycles. The van der Waals surface area contributed by atoms with Gasteiger partial charge in [-0.2, -0.15) is 0 Å². The van der Waals surface area contributed by atoms with E-state index in [1.165, 1.54) is 6.07 Å². The summed E-state index contributed by atoms with van der Waals surface area (Å²) >= 11 is 0. The first kappa shape index (κ1) is 17.7. The SMILES string of the molecule is CC(C(=O)Nc1cc(F)cc(F)c1)c1ccc(-c2ccccc2)c(F)c1. The Bertz CT molecular complexity index is 921. The van der Waals surface area contributed by atoms with Crippen LogP contribution in [0.1, 0.15) is 18.4 Å². The van der Waals surface area contributed by atoms with Crippen LogP contribution in [-0.4, -0.2) is 5.91 Å². The number of carbonyl (C=O) groups excluding carboxylic acids is 1. The number of amides is 1.